The molecule has 2 amide bonds. The fourth-order valence-electron chi connectivity index (χ4n) is 3.33. The number of aliphatic hydroxyl groups excluding tert-OH is 1. The molecule has 0 aliphatic carbocycles. The molecule has 0 saturated carbocycles. The number of hydrogen-bond acceptors (Lipinski definition) is 3. The van der Waals surface area contributed by atoms with E-state index in [4.69, 9.17) is 0 Å². The SMILES string of the molecule is Cc1nccn1-c1ccc([C@@H](C)NC(=O)N2CCC[C@@H](CO)C2)cc1. The predicted molar refractivity (Wildman–Crippen MR) is 96.6 cm³/mol. The van der Waals surface area contributed by atoms with E-state index in [-0.39, 0.29) is 24.6 Å². The van der Waals surface area contributed by atoms with E-state index in [1.54, 1.807) is 6.20 Å². The third kappa shape index (κ3) is 4.02. The lowest BCUT2D eigenvalue weighted by atomic mass is 9.99. The summed E-state index contributed by atoms with van der Waals surface area (Å²) in [5, 5.41) is 12.4. The Bertz CT molecular complexity index is 710. The smallest absolute Gasteiger partial charge is 0.317 e. The van der Waals surface area contributed by atoms with Gasteiger partial charge in [-0.1, -0.05) is 12.1 Å². The van der Waals surface area contributed by atoms with Gasteiger partial charge < -0.3 is 19.9 Å². The molecule has 0 bridgehead atoms. The lowest BCUT2D eigenvalue weighted by Gasteiger charge is -2.32. The highest BCUT2D eigenvalue weighted by Crippen LogP contribution is 2.19. The molecule has 2 aromatic rings. The lowest BCUT2D eigenvalue weighted by Crippen LogP contribution is -2.46. The highest BCUT2D eigenvalue weighted by atomic mass is 16.3. The van der Waals surface area contributed by atoms with Crippen molar-refractivity contribution in [2.24, 2.45) is 5.92 Å². The maximum absolute atomic E-state index is 12.5. The number of nitrogens with zero attached hydrogens (tertiary/aromatic N) is 3. The van der Waals surface area contributed by atoms with Gasteiger partial charge in [0.25, 0.3) is 0 Å². The number of aromatic nitrogens is 2. The predicted octanol–water partition coefficient (Wildman–Crippen LogP) is 2.66. The average molecular weight is 342 g/mol. The number of nitrogens with one attached hydrogen (secondary N) is 1. The molecule has 1 aromatic carbocycles. The highest BCUT2D eigenvalue weighted by molar-refractivity contribution is 5.74. The van der Waals surface area contributed by atoms with Crippen LogP contribution >= 0.6 is 0 Å². The molecule has 0 spiro atoms. The van der Waals surface area contributed by atoms with Crippen LogP contribution in [0.1, 0.15) is 37.2 Å². The number of aliphatic hydroxyl groups is 1. The van der Waals surface area contributed by atoms with Crippen LogP contribution in [-0.4, -0.2) is 45.3 Å². The van der Waals surface area contributed by atoms with Crippen molar-refractivity contribution in [3.63, 3.8) is 0 Å². The third-order valence-electron chi connectivity index (χ3n) is 4.90. The number of piperidine rings is 1. The van der Waals surface area contributed by atoms with E-state index in [9.17, 15) is 9.90 Å². The van der Waals surface area contributed by atoms with Gasteiger partial charge in [0, 0.05) is 37.8 Å². The monoisotopic (exact) mass is 342 g/mol. The number of urea groups is 1. The van der Waals surface area contributed by atoms with Gasteiger partial charge >= 0.3 is 6.03 Å². The van der Waals surface area contributed by atoms with Crippen molar-refractivity contribution in [3.8, 4) is 5.69 Å². The lowest BCUT2D eigenvalue weighted by molar-refractivity contribution is 0.128. The van der Waals surface area contributed by atoms with Crippen molar-refractivity contribution in [1.29, 1.82) is 0 Å². The number of carbonyl (C=O) groups excluding carboxylic acids is 1. The first kappa shape index (κ1) is 17.5. The number of rotatable bonds is 4. The minimum Gasteiger partial charge on any atom is -0.396 e. The fourth-order valence-corrected chi connectivity index (χ4v) is 3.33. The molecule has 1 aliphatic rings. The number of imidazole rings is 1. The summed E-state index contributed by atoms with van der Waals surface area (Å²) in [7, 11) is 0. The maximum Gasteiger partial charge on any atom is 0.317 e. The standard InChI is InChI=1S/C19H26N4O2/c1-14(21-19(25)22-10-3-4-16(12-22)13-24)17-5-7-18(8-6-17)23-11-9-20-15(23)2/h5-9,11,14,16,24H,3-4,10,12-13H2,1-2H3,(H,21,25)/t14-,16-/m1/s1. The molecule has 3 rings (SSSR count). The summed E-state index contributed by atoms with van der Waals surface area (Å²) in [5.41, 5.74) is 2.12. The number of carbonyl (C=O) groups is 1. The molecule has 134 valence electrons. The molecule has 0 unspecified atom stereocenters. The number of benzene rings is 1. The zero-order valence-electron chi connectivity index (χ0n) is 14.9. The van der Waals surface area contributed by atoms with Gasteiger partial charge in [-0.3, -0.25) is 0 Å². The van der Waals surface area contributed by atoms with E-state index < -0.39 is 0 Å². The van der Waals surface area contributed by atoms with Crippen LogP contribution in [0.3, 0.4) is 0 Å². The fraction of sp³-hybridized carbons (Fsp3) is 0.474. The minimum atomic E-state index is -0.0695. The number of amides is 2. The zero-order valence-corrected chi connectivity index (χ0v) is 14.9. The summed E-state index contributed by atoms with van der Waals surface area (Å²) in [6, 6.07) is 8.02. The summed E-state index contributed by atoms with van der Waals surface area (Å²) < 4.78 is 2.02. The maximum atomic E-state index is 12.5. The molecule has 6 heteroatoms. The van der Waals surface area contributed by atoms with Crippen molar-refractivity contribution in [2.45, 2.75) is 32.7 Å². The summed E-state index contributed by atoms with van der Waals surface area (Å²) >= 11 is 0. The number of hydrogen-bond donors (Lipinski definition) is 2. The Morgan fingerprint density at radius 3 is 2.80 bits per heavy atom. The van der Waals surface area contributed by atoms with Crippen LogP contribution in [0.2, 0.25) is 0 Å². The molecule has 1 saturated heterocycles. The number of aryl methyl sites for hydroxylation is 1. The second kappa shape index (κ2) is 7.70. The van der Waals surface area contributed by atoms with Gasteiger partial charge in [0.15, 0.2) is 0 Å². The van der Waals surface area contributed by atoms with E-state index in [2.05, 4.69) is 10.3 Å². The van der Waals surface area contributed by atoms with Gasteiger partial charge in [0.1, 0.15) is 5.82 Å². The first-order valence-corrected chi connectivity index (χ1v) is 8.85. The second-order valence-corrected chi connectivity index (χ2v) is 6.74. The van der Waals surface area contributed by atoms with E-state index >= 15 is 0 Å². The Morgan fingerprint density at radius 2 is 2.16 bits per heavy atom. The quantitative estimate of drug-likeness (QED) is 0.897. The molecule has 1 aliphatic heterocycles. The van der Waals surface area contributed by atoms with Gasteiger partial charge in [0.05, 0.1) is 6.04 Å². The average Bonchev–Trinajstić information content (AvgIpc) is 3.07. The van der Waals surface area contributed by atoms with Gasteiger partial charge in [0.2, 0.25) is 0 Å². The molecule has 1 aromatic heterocycles. The van der Waals surface area contributed by atoms with Crippen molar-refractivity contribution in [1.82, 2.24) is 19.8 Å². The Balaban J connectivity index is 1.62. The second-order valence-electron chi connectivity index (χ2n) is 6.74. The van der Waals surface area contributed by atoms with Crippen LogP contribution in [0.4, 0.5) is 4.79 Å². The Labute approximate surface area is 148 Å². The molecule has 2 heterocycles. The van der Waals surface area contributed by atoms with Crippen molar-refractivity contribution >= 4 is 6.03 Å². The van der Waals surface area contributed by atoms with Crippen LogP contribution in [0.5, 0.6) is 0 Å². The highest BCUT2D eigenvalue weighted by Gasteiger charge is 2.24. The van der Waals surface area contributed by atoms with E-state index in [1.807, 2.05) is 53.8 Å². The normalized spacial score (nSPS) is 18.8. The molecule has 2 atom stereocenters. The Morgan fingerprint density at radius 1 is 1.40 bits per heavy atom. The van der Waals surface area contributed by atoms with Gasteiger partial charge in [-0.25, -0.2) is 9.78 Å². The van der Waals surface area contributed by atoms with E-state index in [1.165, 1.54) is 0 Å². The first-order chi connectivity index (χ1) is 12.1. The summed E-state index contributed by atoms with van der Waals surface area (Å²) in [6.07, 6.45) is 5.66. The van der Waals surface area contributed by atoms with Crippen LogP contribution < -0.4 is 5.32 Å². The van der Waals surface area contributed by atoms with Crippen LogP contribution in [0.25, 0.3) is 5.69 Å². The largest absolute Gasteiger partial charge is 0.396 e. The molecular formula is C19H26N4O2. The van der Waals surface area contributed by atoms with Gasteiger partial charge in [-0.2, -0.15) is 0 Å². The zero-order chi connectivity index (χ0) is 17.8. The van der Waals surface area contributed by atoms with Gasteiger partial charge in [-0.15, -0.1) is 0 Å². The van der Waals surface area contributed by atoms with Gasteiger partial charge in [-0.05, 0) is 50.3 Å². The molecule has 1 fully saturated rings. The van der Waals surface area contributed by atoms with Crippen LogP contribution in [0.15, 0.2) is 36.7 Å². The molecule has 6 nitrogen and oxygen atoms in total. The van der Waals surface area contributed by atoms with Crippen LogP contribution in [0, 0.1) is 12.8 Å². The third-order valence-corrected chi connectivity index (χ3v) is 4.90. The van der Waals surface area contributed by atoms with Crippen molar-refractivity contribution < 1.29 is 9.90 Å². The topological polar surface area (TPSA) is 70.4 Å². The molecule has 2 N–H and O–H groups in total. The summed E-state index contributed by atoms with van der Waals surface area (Å²) in [4.78, 5) is 18.5. The van der Waals surface area contributed by atoms with Crippen LogP contribution in [-0.2, 0) is 0 Å². The minimum absolute atomic E-state index is 0.0554. The van der Waals surface area contributed by atoms with E-state index in [0.29, 0.717) is 6.54 Å². The van der Waals surface area contributed by atoms with Crippen molar-refractivity contribution in [3.05, 3.63) is 48.0 Å². The summed E-state index contributed by atoms with van der Waals surface area (Å²) in [6.45, 7) is 5.49. The molecule has 0 radical (unpaired) electrons. The first-order valence-electron chi connectivity index (χ1n) is 8.85. The number of likely N-dealkylation sites (tertiary alicyclic amines) is 1. The molecular weight excluding hydrogens is 316 g/mol. The molecule has 25 heavy (non-hydrogen) atoms. The van der Waals surface area contributed by atoms with Crippen molar-refractivity contribution in [2.75, 3.05) is 19.7 Å². The summed E-state index contributed by atoms with van der Waals surface area (Å²) in [5.74, 6) is 1.14. The Hall–Kier alpha value is -2.34. The Kier molecular flexibility index (Phi) is 5.38. The van der Waals surface area contributed by atoms with E-state index in [0.717, 1.165) is 36.5 Å².